The van der Waals surface area contributed by atoms with Gasteiger partial charge in [0, 0.05) is 13.0 Å². The van der Waals surface area contributed by atoms with Gasteiger partial charge in [-0.2, -0.15) is 0 Å². The minimum Gasteiger partial charge on any atom is -0.311 e. The monoisotopic (exact) mass is 284 g/mol. The summed E-state index contributed by atoms with van der Waals surface area (Å²) < 4.78 is 13.8. The summed E-state index contributed by atoms with van der Waals surface area (Å²) in [5.74, 6) is -0.0711. The summed E-state index contributed by atoms with van der Waals surface area (Å²) in [4.78, 5) is 5.46. The van der Waals surface area contributed by atoms with E-state index in [9.17, 15) is 4.39 Å². The van der Waals surface area contributed by atoms with E-state index in [1.165, 1.54) is 4.90 Å². The van der Waals surface area contributed by atoms with Crippen LogP contribution in [0.15, 0.2) is 22.8 Å². The van der Waals surface area contributed by atoms with Gasteiger partial charge < -0.3 is 4.90 Å². The molecule has 1 unspecified atom stereocenters. The largest absolute Gasteiger partial charge is 0.311 e. The highest BCUT2D eigenvalue weighted by molar-refractivity contribution is 9.10. The van der Waals surface area contributed by atoms with E-state index < -0.39 is 6.17 Å². The minimum absolute atomic E-state index is 0.0754. The molecule has 1 aliphatic heterocycles. The number of nitrogens with zero attached hydrogens (tertiary/aromatic N) is 2. The Morgan fingerprint density at radius 2 is 2.31 bits per heavy atom. The van der Waals surface area contributed by atoms with Crippen LogP contribution in [0.1, 0.15) is 12.1 Å². The van der Waals surface area contributed by atoms with Crippen molar-refractivity contribution in [3.8, 4) is 0 Å². The van der Waals surface area contributed by atoms with Crippen molar-refractivity contribution in [3.05, 3.63) is 28.5 Å². The standard InChI is InChI=1S/C10H10BrFN4/c11-8-3-1-2-7(15-8)10(14)16-5-4-6(12)9(16)13/h1-3,6,13-14H,4-5H2. The summed E-state index contributed by atoms with van der Waals surface area (Å²) in [5, 5.41) is 15.4. The maximum Gasteiger partial charge on any atom is 0.159 e. The van der Waals surface area contributed by atoms with Gasteiger partial charge in [0.1, 0.15) is 16.1 Å². The van der Waals surface area contributed by atoms with Crippen LogP contribution >= 0.6 is 15.9 Å². The van der Waals surface area contributed by atoms with Gasteiger partial charge in [0.15, 0.2) is 12.0 Å². The molecule has 2 rings (SSSR count). The Hall–Kier alpha value is -1.30. The number of pyridine rings is 1. The number of hydrogen-bond donors (Lipinski definition) is 2. The molecule has 1 atom stereocenters. The van der Waals surface area contributed by atoms with Crippen molar-refractivity contribution >= 4 is 27.6 Å². The van der Waals surface area contributed by atoms with Crippen LogP contribution in [0.4, 0.5) is 4.39 Å². The molecule has 1 saturated heterocycles. The zero-order chi connectivity index (χ0) is 11.7. The van der Waals surface area contributed by atoms with Gasteiger partial charge in [0.25, 0.3) is 0 Å². The molecule has 6 heteroatoms. The normalized spacial score (nSPS) is 20.2. The van der Waals surface area contributed by atoms with Crippen molar-refractivity contribution in [2.45, 2.75) is 12.6 Å². The van der Waals surface area contributed by atoms with Crippen molar-refractivity contribution in [1.82, 2.24) is 9.88 Å². The molecule has 2 heterocycles. The molecule has 0 amide bonds. The molecule has 84 valence electrons. The molecule has 4 nitrogen and oxygen atoms in total. The Morgan fingerprint density at radius 1 is 1.56 bits per heavy atom. The summed E-state index contributed by atoms with van der Waals surface area (Å²) in [6, 6.07) is 5.18. The summed E-state index contributed by atoms with van der Waals surface area (Å²) in [6.07, 6.45) is -0.984. The lowest BCUT2D eigenvalue weighted by Gasteiger charge is -2.18. The molecule has 1 aromatic rings. The lowest BCUT2D eigenvalue weighted by atomic mass is 10.3. The first-order chi connectivity index (χ1) is 7.59. The number of amidine groups is 2. The van der Waals surface area contributed by atoms with E-state index in [0.29, 0.717) is 16.8 Å². The van der Waals surface area contributed by atoms with E-state index in [1.54, 1.807) is 18.2 Å². The summed E-state index contributed by atoms with van der Waals surface area (Å²) >= 11 is 3.21. The first kappa shape index (κ1) is 11.2. The molecule has 1 fully saturated rings. The Morgan fingerprint density at radius 3 is 2.88 bits per heavy atom. The highest BCUT2D eigenvalue weighted by Crippen LogP contribution is 2.17. The average molecular weight is 285 g/mol. The van der Waals surface area contributed by atoms with E-state index in [-0.39, 0.29) is 18.1 Å². The highest BCUT2D eigenvalue weighted by atomic mass is 79.9. The van der Waals surface area contributed by atoms with E-state index in [2.05, 4.69) is 20.9 Å². The summed E-state index contributed by atoms with van der Waals surface area (Å²) in [5.41, 5.74) is 0.438. The topological polar surface area (TPSA) is 63.8 Å². The average Bonchev–Trinajstić information content (AvgIpc) is 2.59. The molecular weight excluding hydrogens is 275 g/mol. The van der Waals surface area contributed by atoms with Crippen molar-refractivity contribution in [1.29, 1.82) is 10.8 Å². The fourth-order valence-electron chi connectivity index (χ4n) is 1.58. The Bertz CT molecular complexity index is 448. The SMILES string of the molecule is N=C(c1cccc(Br)n1)N1CCC(F)C1=N. The third kappa shape index (κ3) is 1.97. The Balaban J connectivity index is 2.23. The first-order valence-electron chi connectivity index (χ1n) is 4.81. The van der Waals surface area contributed by atoms with Crippen LogP contribution in [0.3, 0.4) is 0 Å². The van der Waals surface area contributed by atoms with Crippen LogP contribution in [-0.2, 0) is 0 Å². The van der Waals surface area contributed by atoms with Crippen LogP contribution in [0.25, 0.3) is 0 Å². The van der Waals surface area contributed by atoms with Gasteiger partial charge in [0.05, 0.1) is 0 Å². The zero-order valence-corrected chi connectivity index (χ0v) is 9.96. The molecule has 1 aliphatic rings. The molecule has 0 aliphatic carbocycles. The number of likely N-dealkylation sites (tertiary alicyclic amines) is 1. The van der Waals surface area contributed by atoms with E-state index in [4.69, 9.17) is 10.8 Å². The number of halogens is 2. The Kier molecular flexibility index (Phi) is 3.00. The van der Waals surface area contributed by atoms with Crippen molar-refractivity contribution in [2.24, 2.45) is 0 Å². The molecule has 0 aromatic carbocycles. The van der Waals surface area contributed by atoms with Crippen LogP contribution in [0, 0.1) is 10.8 Å². The molecule has 16 heavy (non-hydrogen) atoms. The van der Waals surface area contributed by atoms with Crippen LogP contribution < -0.4 is 0 Å². The quantitative estimate of drug-likeness (QED) is 0.472. The van der Waals surface area contributed by atoms with Crippen LogP contribution in [0.5, 0.6) is 0 Å². The van der Waals surface area contributed by atoms with Gasteiger partial charge in [-0.3, -0.25) is 10.8 Å². The summed E-state index contributed by atoms with van der Waals surface area (Å²) in [7, 11) is 0. The second-order valence-corrected chi connectivity index (χ2v) is 4.30. The van der Waals surface area contributed by atoms with Crippen molar-refractivity contribution in [3.63, 3.8) is 0 Å². The Labute approximate surface area is 101 Å². The lowest BCUT2D eigenvalue weighted by molar-refractivity contribution is 0.425. The first-order valence-corrected chi connectivity index (χ1v) is 5.60. The number of nitrogens with one attached hydrogen (secondary N) is 2. The third-order valence-corrected chi connectivity index (χ3v) is 2.86. The predicted molar refractivity (Wildman–Crippen MR) is 62.7 cm³/mol. The molecule has 0 saturated carbocycles. The van der Waals surface area contributed by atoms with E-state index in [0.717, 1.165) is 0 Å². The van der Waals surface area contributed by atoms with Crippen molar-refractivity contribution < 1.29 is 4.39 Å². The number of rotatable bonds is 1. The van der Waals surface area contributed by atoms with Gasteiger partial charge in [-0.25, -0.2) is 9.37 Å². The maximum absolute atomic E-state index is 13.1. The molecule has 1 aromatic heterocycles. The molecular formula is C10H10BrFN4. The van der Waals surface area contributed by atoms with Gasteiger partial charge >= 0.3 is 0 Å². The van der Waals surface area contributed by atoms with Crippen LogP contribution in [-0.4, -0.2) is 34.3 Å². The van der Waals surface area contributed by atoms with E-state index >= 15 is 0 Å². The van der Waals surface area contributed by atoms with E-state index in [1.807, 2.05) is 0 Å². The van der Waals surface area contributed by atoms with Crippen LogP contribution in [0.2, 0.25) is 0 Å². The second kappa shape index (κ2) is 4.29. The smallest absolute Gasteiger partial charge is 0.159 e. The predicted octanol–water partition coefficient (Wildman–Crippen LogP) is 2.19. The second-order valence-electron chi connectivity index (χ2n) is 3.49. The number of alkyl halides is 1. The highest BCUT2D eigenvalue weighted by Gasteiger charge is 2.31. The zero-order valence-electron chi connectivity index (χ0n) is 8.37. The molecule has 0 bridgehead atoms. The fraction of sp³-hybridized carbons (Fsp3) is 0.300. The third-order valence-electron chi connectivity index (χ3n) is 2.42. The molecule has 0 radical (unpaired) electrons. The molecule has 2 N–H and O–H groups in total. The summed E-state index contributed by atoms with van der Waals surface area (Å²) in [6.45, 7) is 0.368. The molecule has 0 spiro atoms. The number of hydrogen-bond acceptors (Lipinski definition) is 3. The fourth-order valence-corrected chi connectivity index (χ4v) is 1.92. The van der Waals surface area contributed by atoms with Crippen molar-refractivity contribution in [2.75, 3.05) is 6.54 Å². The number of aromatic nitrogens is 1. The van der Waals surface area contributed by atoms with Gasteiger partial charge in [0.2, 0.25) is 0 Å². The minimum atomic E-state index is -1.26. The lowest BCUT2D eigenvalue weighted by Crippen LogP contribution is -2.34. The van der Waals surface area contributed by atoms with Gasteiger partial charge in [-0.05, 0) is 28.1 Å². The maximum atomic E-state index is 13.1. The van der Waals surface area contributed by atoms with Gasteiger partial charge in [-0.15, -0.1) is 0 Å². The van der Waals surface area contributed by atoms with Gasteiger partial charge in [-0.1, -0.05) is 6.07 Å².